The van der Waals surface area contributed by atoms with Crippen LogP contribution >= 0.6 is 0 Å². The first-order valence-corrected chi connectivity index (χ1v) is 8.03. The molecule has 0 spiro atoms. The molecule has 0 aliphatic rings. The van der Waals surface area contributed by atoms with Gasteiger partial charge in [0.05, 0.1) is 23.7 Å². The molecule has 0 bridgehead atoms. The Morgan fingerprint density at radius 3 is 2.67 bits per heavy atom. The number of benzene rings is 1. The van der Waals surface area contributed by atoms with Gasteiger partial charge >= 0.3 is 6.03 Å². The summed E-state index contributed by atoms with van der Waals surface area (Å²) in [7, 11) is -1.66. The van der Waals surface area contributed by atoms with Gasteiger partial charge < -0.3 is 19.2 Å². The van der Waals surface area contributed by atoms with E-state index in [9.17, 15) is 19.3 Å². The zero-order valence-corrected chi connectivity index (χ0v) is 13.6. The zero-order chi connectivity index (χ0) is 17.9. The molecule has 1 atom stereocenters. The summed E-state index contributed by atoms with van der Waals surface area (Å²) in [5.41, 5.74) is 6.58. The molecule has 10 heteroatoms. The number of hydrogen-bond acceptors (Lipinski definition) is 7. The van der Waals surface area contributed by atoms with Gasteiger partial charge in [-0.3, -0.25) is 5.21 Å². The van der Waals surface area contributed by atoms with Gasteiger partial charge in [-0.15, -0.1) is 10.7 Å². The molecule has 24 heavy (non-hydrogen) atoms. The van der Waals surface area contributed by atoms with Gasteiger partial charge in [-0.2, -0.15) is 11.0 Å². The Kier molecular flexibility index (Phi) is 5.44. The molecule has 4 N–H and O–H groups in total. The summed E-state index contributed by atoms with van der Waals surface area (Å²) >= 11 is 0. The highest BCUT2D eigenvalue weighted by Crippen LogP contribution is 2.20. The molecule has 0 fully saturated rings. The van der Waals surface area contributed by atoms with Crippen molar-refractivity contribution in [2.75, 3.05) is 6.54 Å². The lowest BCUT2D eigenvalue weighted by Gasteiger charge is -2.15. The monoisotopic (exact) mass is 353 g/mol. The van der Waals surface area contributed by atoms with Crippen LogP contribution in [-0.2, 0) is 14.9 Å². The Labute approximate surface area is 140 Å². The van der Waals surface area contributed by atoms with Crippen molar-refractivity contribution in [1.29, 1.82) is 0 Å². The predicted octanol–water partition coefficient (Wildman–Crippen LogP) is 0.674. The molecule has 0 aliphatic heterocycles. The fraction of sp³-hybridized carbons (Fsp3) is 0.214. The van der Waals surface area contributed by atoms with E-state index in [0.717, 1.165) is 5.69 Å². The molecule has 0 saturated heterocycles. The number of urea groups is 1. The van der Waals surface area contributed by atoms with Crippen molar-refractivity contribution >= 4 is 22.6 Å². The third-order valence-electron chi connectivity index (χ3n) is 3.12. The molecular formula is C14H17N4O5S-. The first-order valence-electron chi connectivity index (χ1n) is 6.78. The van der Waals surface area contributed by atoms with E-state index in [1.807, 2.05) is 0 Å². The van der Waals surface area contributed by atoms with Gasteiger partial charge in [-0.05, 0) is 37.3 Å². The molecule has 2 aromatic rings. The predicted molar refractivity (Wildman–Crippen MR) is 87.1 cm³/mol. The van der Waals surface area contributed by atoms with Gasteiger partial charge in [0.15, 0.2) is 0 Å². The average molecular weight is 353 g/mol. The molecule has 130 valence electrons. The number of rotatable bonds is 6. The fourth-order valence-corrected chi connectivity index (χ4v) is 2.35. The van der Waals surface area contributed by atoms with E-state index >= 15 is 0 Å². The lowest BCUT2D eigenvalue weighted by Crippen LogP contribution is -2.35. The van der Waals surface area contributed by atoms with Crippen LogP contribution in [0, 0.1) is 6.92 Å². The second kappa shape index (κ2) is 7.34. The summed E-state index contributed by atoms with van der Waals surface area (Å²) < 4.78 is 17.4. The summed E-state index contributed by atoms with van der Waals surface area (Å²) in [6, 6.07) is 7.16. The number of amides is 2. The number of primary amides is 1. The van der Waals surface area contributed by atoms with E-state index < -0.39 is 29.3 Å². The van der Waals surface area contributed by atoms with E-state index in [-0.39, 0.29) is 10.8 Å². The third-order valence-corrected chi connectivity index (χ3v) is 3.50. The van der Waals surface area contributed by atoms with Crippen molar-refractivity contribution in [3.05, 3.63) is 41.7 Å². The van der Waals surface area contributed by atoms with Crippen molar-refractivity contribution < 1.29 is 23.5 Å². The summed E-state index contributed by atoms with van der Waals surface area (Å²) in [5, 5.41) is 23.8. The molecule has 2 rings (SSSR count). The fourth-order valence-electron chi connectivity index (χ4n) is 2.02. The average Bonchev–Trinajstić information content (AvgIpc) is 2.89. The van der Waals surface area contributed by atoms with Crippen LogP contribution in [0.3, 0.4) is 0 Å². The number of carbonyl (C=O) groups excluding carboxylic acids is 1. The normalized spacial score (nSPS) is 12.2. The van der Waals surface area contributed by atoms with Crippen LogP contribution < -0.4 is 9.92 Å². The number of aryl methyl sites for hydroxylation is 1. The molecule has 1 unspecified atom stereocenters. The van der Waals surface area contributed by atoms with Crippen LogP contribution in [0.1, 0.15) is 17.5 Å². The second-order valence-electron chi connectivity index (χ2n) is 4.94. The minimum absolute atomic E-state index is 0.212. The number of aromatic nitrogens is 2. The summed E-state index contributed by atoms with van der Waals surface area (Å²) in [6.45, 7) is 1.39. The molecule has 1 aromatic heterocycles. The molecule has 2 amide bonds. The van der Waals surface area contributed by atoms with Gasteiger partial charge in [0.25, 0.3) is 0 Å². The van der Waals surface area contributed by atoms with Crippen LogP contribution in [0.25, 0.3) is 5.69 Å². The second-order valence-corrected chi connectivity index (χ2v) is 5.71. The van der Waals surface area contributed by atoms with Crippen LogP contribution in [0.4, 0.5) is 4.79 Å². The number of carbonyl (C=O) groups is 1. The highest BCUT2D eigenvalue weighted by Gasteiger charge is 2.18. The lowest BCUT2D eigenvalue weighted by molar-refractivity contribution is -0.0671. The smallest absolute Gasteiger partial charge is 0.338 e. The van der Waals surface area contributed by atoms with Crippen LogP contribution in [0.15, 0.2) is 30.3 Å². The standard InChI is InChI=1S/C14H17N4O5S/c1-9-7-12(13(19)8-17(21)14(15)20)16-18(9)10-3-5-11(6-4-10)23-24(2)22/h3-7,13,19,21H,2,8H2,1H3,(H2,15,20)/q-1. The topological polar surface area (TPSA) is 131 Å². The van der Waals surface area contributed by atoms with Crippen molar-refractivity contribution in [3.63, 3.8) is 0 Å². The minimum Gasteiger partial charge on any atom is -0.561 e. The number of nitrogens with zero attached hydrogens (tertiary/aromatic N) is 3. The van der Waals surface area contributed by atoms with Crippen LogP contribution in [-0.4, -0.2) is 43.6 Å². The van der Waals surface area contributed by atoms with E-state index in [2.05, 4.69) is 11.0 Å². The van der Waals surface area contributed by atoms with Crippen LogP contribution in [0.2, 0.25) is 0 Å². The van der Waals surface area contributed by atoms with E-state index in [0.29, 0.717) is 11.4 Å². The van der Waals surface area contributed by atoms with Gasteiger partial charge in [0.1, 0.15) is 6.10 Å². The van der Waals surface area contributed by atoms with Gasteiger partial charge in [-0.1, -0.05) is 0 Å². The Morgan fingerprint density at radius 2 is 2.12 bits per heavy atom. The summed E-state index contributed by atoms with van der Waals surface area (Å²) in [4.78, 5) is 10.8. The first-order chi connectivity index (χ1) is 11.3. The summed E-state index contributed by atoms with van der Waals surface area (Å²) in [6.07, 6.45) is -1.20. The molecule has 0 saturated carbocycles. The van der Waals surface area contributed by atoms with E-state index in [4.69, 9.17) is 9.92 Å². The number of aliphatic hydroxyl groups is 1. The largest absolute Gasteiger partial charge is 0.561 e. The highest BCUT2D eigenvalue weighted by atomic mass is 32.2. The maximum Gasteiger partial charge on any atom is 0.338 e. The Morgan fingerprint density at radius 1 is 1.50 bits per heavy atom. The minimum atomic E-state index is -1.66. The molecular weight excluding hydrogens is 336 g/mol. The SMILES string of the molecule is C=[S-](=O)Oc1ccc(-n2nc(C(O)CN(O)C(N)=O)cc2C)cc1. The quantitative estimate of drug-likeness (QED) is 0.303. The van der Waals surface area contributed by atoms with Crippen molar-refractivity contribution in [1.82, 2.24) is 14.8 Å². The number of hydroxylamine groups is 2. The van der Waals surface area contributed by atoms with E-state index in [1.54, 1.807) is 41.9 Å². The zero-order valence-electron chi connectivity index (χ0n) is 12.8. The maximum atomic E-state index is 10.9. The van der Waals surface area contributed by atoms with Crippen molar-refractivity contribution in [2.24, 2.45) is 5.73 Å². The summed E-state index contributed by atoms with van der Waals surface area (Å²) in [5.74, 6) is 3.63. The highest BCUT2D eigenvalue weighted by molar-refractivity contribution is 7.77. The lowest BCUT2D eigenvalue weighted by atomic mass is 10.2. The van der Waals surface area contributed by atoms with E-state index in [1.165, 1.54) is 0 Å². The van der Waals surface area contributed by atoms with Gasteiger partial charge in [-0.25, -0.2) is 14.5 Å². The molecule has 1 heterocycles. The van der Waals surface area contributed by atoms with Gasteiger partial charge in [0.2, 0.25) is 0 Å². The van der Waals surface area contributed by atoms with Crippen LogP contribution in [0.5, 0.6) is 5.75 Å². The van der Waals surface area contributed by atoms with Crippen molar-refractivity contribution in [3.8, 4) is 11.4 Å². The molecule has 0 radical (unpaired) electrons. The Hall–Kier alpha value is -2.56. The number of nitrogens with two attached hydrogens (primary N) is 1. The Bertz CT molecular complexity index is 792. The maximum absolute atomic E-state index is 10.9. The molecule has 9 nitrogen and oxygen atoms in total. The third kappa shape index (κ3) is 4.25. The number of aliphatic hydroxyl groups excluding tert-OH is 1. The Balaban J connectivity index is 2.20. The van der Waals surface area contributed by atoms with Gasteiger partial charge in [0, 0.05) is 5.69 Å². The molecule has 1 aromatic carbocycles. The number of hydrogen-bond donors (Lipinski definition) is 3. The van der Waals surface area contributed by atoms with Crippen molar-refractivity contribution in [2.45, 2.75) is 13.0 Å². The first kappa shape index (κ1) is 17.8. The molecule has 0 aliphatic carbocycles.